The predicted molar refractivity (Wildman–Crippen MR) is 147 cm³/mol. The Balaban J connectivity index is 1.58. The number of thiazole rings is 1. The number of allylic oxidation sites excluding steroid dienone is 1. The molecule has 2 aromatic carbocycles. The number of fused-ring (bicyclic) bond motifs is 1. The number of ether oxygens (including phenoxy) is 3. The van der Waals surface area contributed by atoms with Crippen LogP contribution < -0.4 is 24.5 Å². The molecular formula is C29H31N3O5S. The summed E-state index contributed by atoms with van der Waals surface area (Å²) in [6.07, 6.45) is 1.58. The molecular weight excluding hydrogens is 502 g/mol. The minimum Gasteiger partial charge on any atom is -0.497 e. The normalized spacial score (nSPS) is 17.9. The molecule has 38 heavy (non-hydrogen) atoms. The van der Waals surface area contributed by atoms with E-state index in [1.54, 1.807) is 32.4 Å². The summed E-state index contributed by atoms with van der Waals surface area (Å²) >= 11 is 1.32. The topological polar surface area (TPSA) is 82.4 Å². The fourth-order valence-corrected chi connectivity index (χ4v) is 5.76. The second-order valence-electron chi connectivity index (χ2n) is 9.50. The SMILES string of the molecule is COc1ccc([C@H]2C(C(=O)OC(C)C)=C(C)N=c3s/c(=C/c4ccc(N5CCOCC5)cc4)c(=O)n32)cc1. The molecule has 1 fully saturated rings. The molecule has 2 aliphatic heterocycles. The van der Waals surface area contributed by atoms with Crippen molar-refractivity contribution in [2.24, 2.45) is 4.99 Å². The smallest absolute Gasteiger partial charge is 0.338 e. The zero-order valence-electron chi connectivity index (χ0n) is 22.0. The fraction of sp³-hybridized carbons (Fsp3) is 0.345. The van der Waals surface area contributed by atoms with Crippen LogP contribution in [0.5, 0.6) is 5.75 Å². The van der Waals surface area contributed by atoms with Gasteiger partial charge < -0.3 is 19.1 Å². The summed E-state index contributed by atoms with van der Waals surface area (Å²) in [5.74, 6) is 0.212. The molecule has 0 unspecified atom stereocenters. The van der Waals surface area contributed by atoms with Crippen molar-refractivity contribution in [2.45, 2.75) is 32.9 Å². The first-order valence-corrected chi connectivity index (χ1v) is 13.5. The van der Waals surface area contributed by atoms with Crippen LogP contribution in [0.25, 0.3) is 6.08 Å². The molecule has 198 valence electrons. The highest BCUT2D eigenvalue weighted by atomic mass is 32.1. The van der Waals surface area contributed by atoms with Crippen molar-refractivity contribution in [1.82, 2.24) is 4.57 Å². The number of hydrogen-bond acceptors (Lipinski definition) is 8. The maximum absolute atomic E-state index is 13.8. The third-order valence-electron chi connectivity index (χ3n) is 6.58. The van der Waals surface area contributed by atoms with Gasteiger partial charge in [0.25, 0.3) is 5.56 Å². The maximum atomic E-state index is 13.8. The van der Waals surface area contributed by atoms with Gasteiger partial charge in [0.1, 0.15) is 5.75 Å². The Kier molecular flexibility index (Phi) is 7.49. The molecule has 9 heteroatoms. The number of aromatic nitrogens is 1. The Morgan fingerprint density at radius 3 is 2.42 bits per heavy atom. The lowest BCUT2D eigenvalue weighted by Gasteiger charge is -2.28. The summed E-state index contributed by atoms with van der Waals surface area (Å²) in [5, 5.41) is 0. The molecule has 1 saturated heterocycles. The zero-order chi connectivity index (χ0) is 26.8. The largest absolute Gasteiger partial charge is 0.497 e. The number of hydrogen-bond donors (Lipinski definition) is 0. The molecule has 1 atom stereocenters. The highest BCUT2D eigenvalue weighted by Crippen LogP contribution is 2.32. The zero-order valence-corrected chi connectivity index (χ0v) is 22.8. The predicted octanol–water partition coefficient (Wildman–Crippen LogP) is 3.03. The fourth-order valence-electron chi connectivity index (χ4n) is 4.72. The molecule has 0 N–H and O–H groups in total. The van der Waals surface area contributed by atoms with Gasteiger partial charge in [-0.3, -0.25) is 9.36 Å². The molecule has 8 nitrogen and oxygen atoms in total. The van der Waals surface area contributed by atoms with Gasteiger partial charge in [-0.15, -0.1) is 0 Å². The lowest BCUT2D eigenvalue weighted by Crippen LogP contribution is -2.40. The molecule has 5 rings (SSSR count). The summed E-state index contributed by atoms with van der Waals surface area (Å²) in [6, 6.07) is 14.9. The molecule has 0 aliphatic carbocycles. The van der Waals surface area contributed by atoms with E-state index in [4.69, 9.17) is 14.2 Å². The summed E-state index contributed by atoms with van der Waals surface area (Å²) in [4.78, 5) is 34.5. The number of anilines is 1. The lowest BCUT2D eigenvalue weighted by atomic mass is 9.96. The summed E-state index contributed by atoms with van der Waals surface area (Å²) < 4.78 is 18.5. The number of carbonyl (C=O) groups excluding carboxylic acids is 1. The van der Waals surface area contributed by atoms with E-state index in [-0.39, 0.29) is 11.7 Å². The summed E-state index contributed by atoms with van der Waals surface area (Å²) in [7, 11) is 1.60. The first kappa shape index (κ1) is 25.9. The van der Waals surface area contributed by atoms with Crippen LogP contribution in [0.3, 0.4) is 0 Å². The highest BCUT2D eigenvalue weighted by molar-refractivity contribution is 7.07. The minimum absolute atomic E-state index is 0.200. The van der Waals surface area contributed by atoms with E-state index in [9.17, 15) is 9.59 Å². The Morgan fingerprint density at radius 2 is 1.79 bits per heavy atom. The van der Waals surface area contributed by atoms with Crippen LogP contribution in [-0.2, 0) is 14.3 Å². The number of esters is 1. The van der Waals surface area contributed by atoms with Crippen LogP contribution in [0, 0.1) is 0 Å². The van der Waals surface area contributed by atoms with Gasteiger partial charge in [0, 0.05) is 18.8 Å². The molecule has 0 spiro atoms. The Bertz CT molecular complexity index is 1530. The number of morpholine rings is 1. The molecule has 0 radical (unpaired) electrons. The van der Waals surface area contributed by atoms with E-state index in [0.717, 1.165) is 43.1 Å². The molecule has 2 aliphatic rings. The van der Waals surface area contributed by atoms with Gasteiger partial charge in [-0.05, 0) is 62.2 Å². The second kappa shape index (κ2) is 11.0. The van der Waals surface area contributed by atoms with Crippen molar-refractivity contribution in [3.05, 3.63) is 90.6 Å². The first-order chi connectivity index (χ1) is 18.4. The number of methoxy groups -OCH3 is 1. The number of benzene rings is 2. The van der Waals surface area contributed by atoms with E-state index < -0.39 is 12.0 Å². The van der Waals surface area contributed by atoms with Crippen molar-refractivity contribution in [3.63, 3.8) is 0 Å². The molecule has 1 aromatic heterocycles. The number of rotatable bonds is 6. The van der Waals surface area contributed by atoms with Crippen molar-refractivity contribution in [2.75, 3.05) is 38.3 Å². The average Bonchev–Trinajstić information content (AvgIpc) is 3.22. The molecule has 0 bridgehead atoms. The van der Waals surface area contributed by atoms with Crippen LogP contribution in [0.15, 0.2) is 69.6 Å². The summed E-state index contributed by atoms with van der Waals surface area (Å²) in [5.41, 5.74) is 3.53. The Hall–Kier alpha value is -3.69. The van der Waals surface area contributed by atoms with Gasteiger partial charge in [0.2, 0.25) is 0 Å². The van der Waals surface area contributed by atoms with E-state index in [1.807, 2.05) is 42.5 Å². The quantitative estimate of drug-likeness (QED) is 0.453. The number of nitrogens with zero attached hydrogens (tertiary/aromatic N) is 3. The standard InChI is InChI=1S/C29H31N3O5S/c1-18(2)37-28(34)25-19(3)30-29-32(26(25)21-7-11-23(35-4)12-8-21)27(33)24(38-29)17-20-5-9-22(10-6-20)31-13-15-36-16-14-31/h5-12,17-18,26H,13-16H2,1-4H3/b24-17+/t26-/m0/s1. The lowest BCUT2D eigenvalue weighted by molar-refractivity contribution is -0.143. The van der Waals surface area contributed by atoms with Gasteiger partial charge in [-0.25, -0.2) is 9.79 Å². The third kappa shape index (κ3) is 5.16. The van der Waals surface area contributed by atoms with Gasteiger partial charge in [-0.2, -0.15) is 0 Å². The maximum Gasteiger partial charge on any atom is 0.338 e. The van der Waals surface area contributed by atoms with Crippen molar-refractivity contribution < 1.29 is 19.0 Å². The monoisotopic (exact) mass is 533 g/mol. The van der Waals surface area contributed by atoms with Crippen LogP contribution in [-0.4, -0.2) is 50.1 Å². The van der Waals surface area contributed by atoms with Crippen molar-refractivity contribution in [3.8, 4) is 5.75 Å². The Labute approximate surface area is 225 Å². The van der Waals surface area contributed by atoms with Gasteiger partial charge >= 0.3 is 5.97 Å². The first-order valence-electron chi connectivity index (χ1n) is 12.7. The molecule has 3 aromatic rings. The van der Waals surface area contributed by atoms with Gasteiger partial charge in [-0.1, -0.05) is 35.6 Å². The van der Waals surface area contributed by atoms with E-state index in [0.29, 0.717) is 26.4 Å². The van der Waals surface area contributed by atoms with Crippen LogP contribution >= 0.6 is 11.3 Å². The second-order valence-corrected chi connectivity index (χ2v) is 10.5. The van der Waals surface area contributed by atoms with Crippen molar-refractivity contribution >= 4 is 29.1 Å². The van der Waals surface area contributed by atoms with Crippen molar-refractivity contribution in [1.29, 1.82) is 0 Å². The Morgan fingerprint density at radius 1 is 1.11 bits per heavy atom. The van der Waals surface area contributed by atoms with E-state index >= 15 is 0 Å². The molecule has 0 saturated carbocycles. The van der Waals surface area contributed by atoms with Crippen LogP contribution in [0.1, 0.15) is 37.9 Å². The van der Waals surface area contributed by atoms with E-state index in [2.05, 4.69) is 22.0 Å². The van der Waals surface area contributed by atoms with E-state index in [1.165, 1.54) is 11.3 Å². The highest BCUT2D eigenvalue weighted by Gasteiger charge is 2.33. The van der Waals surface area contributed by atoms with Gasteiger partial charge in [0.05, 0.1) is 48.3 Å². The minimum atomic E-state index is -0.658. The van der Waals surface area contributed by atoms with Gasteiger partial charge in [0.15, 0.2) is 4.80 Å². The average molecular weight is 534 g/mol. The molecule has 3 heterocycles. The third-order valence-corrected chi connectivity index (χ3v) is 7.57. The number of carbonyl (C=O) groups is 1. The summed E-state index contributed by atoms with van der Waals surface area (Å²) in [6.45, 7) is 8.57. The van der Waals surface area contributed by atoms with Crippen LogP contribution in [0.4, 0.5) is 5.69 Å². The van der Waals surface area contributed by atoms with Crippen LogP contribution in [0.2, 0.25) is 0 Å². The molecule has 0 amide bonds.